The molecule has 3 aromatic rings. The van der Waals surface area contributed by atoms with Gasteiger partial charge in [-0.05, 0) is 18.6 Å². The molecule has 0 atom stereocenters. The Balaban J connectivity index is 2.51. The predicted molar refractivity (Wildman–Crippen MR) is 65.0 cm³/mol. The van der Waals surface area contributed by atoms with Gasteiger partial charge in [-0.1, -0.05) is 13.0 Å². The van der Waals surface area contributed by atoms with Gasteiger partial charge >= 0.3 is 5.76 Å². The van der Waals surface area contributed by atoms with Crippen molar-refractivity contribution in [2.24, 2.45) is 0 Å². The summed E-state index contributed by atoms with van der Waals surface area (Å²) in [6.45, 7) is 1.97. The van der Waals surface area contributed by atoms with E-state index in [1.807, 2.05) is 25.1 Å². The van der Waals surface area contributed by atoms with Crippen molar-refractivity contribution in [3.8, 4) is 0 Å². The molecule has 4 nitrogen and oxygen atoms in total. The molecule has 84 valence electrons. The van der Waals surface area contributed by atoms with Gasteiger partial charge < -0.3 is 4.42 Å². The lowest BCUT2D eigenvalue weighted by Crippen LogP contribution is -2.07. The molecule has 0 aliphatic heterocycles. The fraction of sp³-hybridized carbons (Fsp3) is 0.154. The van der Waals surface area contributed by atoms with Crippen LogP contribution < -0.4 is 5.76 Å². The molecule has 0 spiro atoms. The van der Waals surface area contributed by atoms with Crippen molar-refractivity contribution < 1.29 is 4.42 Å². The Kier molecular flexibility index (Phi) is 2.14. The Morgan fingerprint density at radius 3 is 3.06 bits per heavy atom. The van der Waals surface area contributed by atoms with Gasteiger partial charge in [-0.3, -0.25) is 4.98 Å². The zero-order valence-corrected chi connectivity index (χ0v) is 9.30. The zero-order chi connectivity index (χ0) is 11.8. The fourth-order valence-electron chi connectivity index (χ4n) is 1.97. The second kappa shape index (κ2) is 3.66. The van der Waals surface area contributed by atoms with E-state index in [4.69, 9.17) is 4.42 Å². The first-order valence-electron chi connectivity index (χ1n) is 5.46. The van der Waals surface area contributed by atoms with Gasteiger partial charge in [0.2, 0.25) is 0 Å². The van der Waals surface area contributed by atoms with Gasteiger partial charge in [0, 0.05) is 23.0 Å². The first kappa shape index (κ1) is 9.96. The van der Waals surface area contributed by atoms with Gasteiger partial charge in [-0.15, -0.1) is 0 Å². The lowest BCUT2D eigenvalue weighted by molar-refractivity contribution is 0.527. The summed E-state index contributed by atoms with van der Waals surface area (Å²) in [5.74, 6) is -0.551. The molecule has 3 rings (SSSR count). The van der Waals surface area contributed by atoms with Crippen LogP contribution >= 0.6 is 0 Å². The average molecular weight is 226 g/mol. The van der Waals surface area contributed by atoms with Gasteiger partial charge in [0.15, 0.2) is 0 Å². The Bertz CT molecular complexity index is 762. The number of hydrogen-bond donors (Lipinski definition) is 0. The monoisotopic (exact) mass is 226 g/mol. The van der Waals surface area contributed by atoms with Crippen molar-refractivity contribution in [1.29, 1.82) is 0 Å². The maximum absolute atomic E-state index is 11.3. The topological polar surface area (TPSA) is 56.0 Å². The highest BCUT2D eigenvalue weighted by Crippen LogP contribution is 2.22. The standard InChI is InChI=1S/C13H10N2O2/c1-2-10-9-6-8-4-3-5-14-11(8)7-12(9)17-13(16)15-10/h3-7H,2H2,1H3. The van der Waals surface area contributed by atoms with E-state index in [2.05, 4.69) is 9.97 Å². The first-order chi connectivity index (χ1) is 8.28. The van der Waals surface area contributed by atoms with Gasteiger partial charge in [0.25, 0.3) is 0 Å². The second-order valence-corrected chi connectivity index (χ2v) is 3.82. The van der Waals surface area contributed by atoms with Crippen LogP contribution in [0.15, 0.2) is 39.7 Å². The number of fused-ring (bicyclic) bond motifs is 2. The molecule has 0 aliphatic rings. The third kappa shape index (κ3) is 1.58. The van der Waals surface area contributed by atoms with Crippen LogP contribution in [0.25, 0.3) is 21.9 Å². The van der Waals surface area contributed by atoms with Crippen molar-refractivity contribution in [2.75, 3.05) is 0 Å². The van der Waals surface area contributed by atoms with Crippen LogP contribution in [0.4, 0.5) is 0 Å². The molecule has 0 saturated heterocycles. The third-order valence-corrected chi connectivity index (χ3v) is 2.77. The number of nitrogens with zero attached hydrogens (tertiary/aromatic N) is 2. The van der Waals surface area contributed by atoms with Crippen molar-refractivity contribution in [3.63, 3.8) is 0 Å². The number of rotatable bonds is 1. The molecule has 0 fully saturated rings. The van der Waals surface area contributed by atoms with Crippen molar-refractivity contribution in [1.82, 2.24) is 9.97 Å². The minimum Gasteiger partial charge on any atom is -0.408 e. The van der Waals surface area contributed by atoms with Crippen molar-refractivity contribution in [3.05, 3.63) is 46.7 Å². The van der Waals surface area contributed by atoms with E-state index in [-0.39, 0.29) is 0 Å². The van der Waals surface area contributed by atoms with Gasteiger partial charge in [-0.25, -0.2) is 4.79 Å². The summed E-state index contributed by atoms with van der Waals surface area (Å²) in [4.78, 5) is 19.4. The number of benzene rings is 1. The summed E-state index contributed by atoms with van der Waals surface area (Å²) in [6.07, 6.45) is 2.42. The lowest BCUT2D eigenvalue weighted by Gasteiger charge is -2.03. The normalized spacial score (nSPS) is 11.1. The summed E-state index contributed by atoms with van der Waals surface area (Å²) >= 11 is 0. The SMILES string of the molecule is CCc1nc(=O)oc2cc3ncccc3cc12. The number of aryl methyl sites for hydroxylation is 1. The second-order valence-electron chi connectivity index (χ2n) is 3.82. The molecular formula is C13H10N2O2. The molecule has 17 heavy (non-hydrogen) atoms. The minimum atomic E-state index is -0.551. The summed E-state index contributed by atoms with van der Waals surface area (Å²) in [5, 5.41) is 1.90. The van der Waals surface area contributed by atoms with E-state index < -0.39 is 5.76 Å². The van der Waals surface area contributed by atoms with E-state index in [0.29, 0.717) is 12.0 Å². The zero-order valence-electron chi connectivity index (χ0n) is 9.30. The Hall–Kier alpha value is -2.23. The van der Waals surface area contributed by atoms with Crippen LogP contribution in [0.1, 0.15) is 12.6 Å². The molecule has 0 amide bonds. The molecule has 2 heterocycles. The fourth-order valence-corrected chi connectivity index (χ4v) is 1.97. The van der Waals surface area contributed by atoms with E-state index in [1.165, 1.54) is 0 Å². The van der Waals surface area contributed by atoms with Crippen LogP contribution in [-0.2, 0) is 6.42 Å². The van der Waals surface area contributed by atoms with Crippen molar-refractivity contribution in [2.45, 2.75) is 13.3 Å². The predicted octanol–water partition coefficient (Wildman–Crippen LogP) is 2.30. The maximum atomic E-state index is 11.3. The van der Waals surface area contributed by atoms with Crippen LogP contribution in [0, 0.1) is 0 Å². The Labute approximate surface area is 96.9 Å². The Morgan fingerprint density at radius 2 is 2.24 bits per heavy atom. The number of aromatic nitrogens is 2. The van der Waals surface area contributed by atoms with Crippen LogP contribution in [0.5, 0.6) is 0 Å². The molecule has 0 radical (unpaired) electrons. The molecule has 1 aromatic carbocycles. The minimum absolute atomic E-state index is 0.549. The number of hydrogen-bond acceptors (Lipinski definition) is 4. The molecule has 0 aliphatic carbocycles. The number of pyridine rings is 1. The largest absolute Gasteiger partial charge is 0.439 e. The van der Waals surface area contributed by atoms with Crippen molar-refractivity contribution >= 4 is 21.9 Å². The molecule has 0 bridgehead atoms. The summed E-state index contributed by atoms with van der Waals surface area (Å²) in [7, 11) is 0. The molecule has 0 unspecified atom stereocenters. The van der Waals surface area contributed by atoms with Crippen LogP contribution in [0.3, 0.4) is 0 Å². The van der Waals surface area contributed by atoms with E-state index in [9.17, 15) is 4.79 Å². The Morgan fingerprint density at radius 1 is 1.35 bits per heavy atom. The average Bonchev–Trinajstić information content (AvgIpc) is 2.35. The van der Waals surface area contributed by atoms with Gasteiger partial charge in [0.05, 0.1) is 11.2 Å². The lowest BCUT2D eigenvalue weighted by atomic mass is 10.1. The van der Waals surface area contributed by atoms with E-state index in [0.717, 1.165) is 22.0 Å². The molecule has 0 N–H and O–H groups in total. The molecule has 4 heteroatoms. The quantitative estimate of drug-likeness (QED) is 0.597. The molecule has 0 saturated carbocycles. The van der Waals surface area contributed by atoms with Gasteiger partial charge in [-0.2, -0.15) is 4.98 Å². The van der Waals surface area contributed by atoms with Gasteiger partial charge in [0.1, 0.15) is 5.58 Å². The van der Waals surface area contributed by atoms with E-state index in [1.54, 1.807) is 12.3 Å². The third-order valence-electron chi connectivity index (χ3n) is 2.77. The van der Waals surface area contributed by atoms with E-state index >= 15 is 0 Å². The smallest absolute Gasteiger partial charge is 0.408 e. The van der Waals surface area contributed by atoms with Crippen LogP contribution in [0.2, 0.25) is 0 Å². The highest BCUT2D eigenvalue weighted by atomic mass is 16.4. The highest BCUT2D eigenvalue weighted by Gasteiger charge is 2.07. The highest BCUT2D eigenvalue weighted by molar-refractivity contribution is 5.94. The van der Waals surface area contributed by atoms with Crippen LogP contribution in [-0.4, -0.2) is 9.97 Å². The summed E-state index contributed by atoms with van der Waals surface area (Å²) < 4.78 is 5.11. The first-order valence-corrected chi connectivity index (χ1v) is 5.46. The summed E-state index contributed by atoms with van der Waals surface area (Å²) in [6, 6.07) is 7.61. The molecule has 2 aromatic heterocycles. The molecular weight excluding hydrogens is 216 g/mol. The summed E-state index contributed by atoms with van der Waals surface area (Å²) in [5.41, 5.74) is 2.13. The maximum Gasteiger partial charge on any atom is 0.439 e.